The number of nitrogens with one attached hydrogen (secondary N) is 1. The van der Waals surface area contributed by atoms with E-state index in [4.69, 9.17) is 4.74 Å². The zero-order chi connectivity index (χ0) is 20.1. The molecule has 0 spiro atoms. The molecular weight excluding hydrogens is 580 g/mol. The topological polar surface area (TPSA) is 55.6 Å². The van der Waals surface area contributed by atoms with Crippen molar-refractivity contribution in [2.24, 2.45) is 5.10 Å². The molecule has 3 rings (SSSR count). The van der Waals surface area contributed by atoms with Gasteiger partial charge in [-0.2, -0.15) is 5.10 Å². The average molecular weight is 599 g/mol. The van der Waals surface area contributed by atoms with Crippen LogP contribution in [0.2, 0.25) is 0 Å². The van der Waals surface area contributed by atoms with Gasteiger partial charge in [-0.3, -0.25) is 4.79 Å². The number of para-hydroxylation sites is 1. The molecule has 0 aliphatic rings. The summed E-state index contributed by atoms with van der Waals surface area (Å²) in [5, 5.41) is 4.08. The van der Waals surface area contributed by atoms with E-state index >= 15 is 0 Å². The van der Waals surface area contributed by atoms with Crippen LogP contribution >= 0.6 is 45.2 Å². The first-order chi connectivity index (χ1) is 13.5. The highest BCUT2D eigenvalue weighted by Gasteiger charge is 2.10. The molecule has 1 aromatic heterocycles. The molecule has 1 N–H and O–H groups in total. The number of rotatable bonds is 6. The molecule has 28 heavy (non-hydrogen) atoms. The minimum atomic E-state index is -0.303. The summed E-state index contributed by atoms with van der Waals surface area (Å²) in [6, 6.07) is 17.9. The summed E-state index contributed by atoms with van der Waals surface area (Å²) in [5.41, 5.74) is 6.74. The highest BCUT2D eigenvalue weighted by Crippen LogP contribution is 2.21. The fraction of sp³-hybridized carbons (Fsp3) is 0.143. The van der Waals surface area contributed by atoms with Crippen molar-refractivity contribution in [3.8, 4) is 11.4 Å². The van der Waals surface area contributed by atoms with Crippen LogP contribution in [0.1, 0.15) is 17.0 Å². The van der Waals surface area contributed by atoms with E-state index in [1.54, 1.807) is 6.21 Å². The highest BCUT2D eigenvalue weighted by atomic mass is 127. The molecule has 0 aliphatic carbocycles. The summed E-state index contributed by atoms with van der Waals surface area (Å²) in [6.45, 7) is 4.00. The van der Waals surface area contributed by atoms with Gasteiger partial charge >= 0.3 is 0 Å². The van der Waals surface area contributed by atoms with Crippen molar-refractivity contribution in [1.82, 2.24) is 9.99 Å². The van der Waals surface area contributed by atoms with Crippen LogP contribution in [0.15, 0.2) is 59.7 Å². The molecule has 0 fully saturated rings. The molecule has 0 bridgehead atoms. The zero-order valence-electron chi connectivity index (χ0n) is 15.4. The minimum Gasteiger partial charge on any atom is -0.483 e. The number of nitrogens with zero attached hydrogens (tertiary/aromatic N) is 2. The zero-order valence-corrected chi connectivity index (χ0v) is 19.8. The van der Waals surface area contributed by atoms with Crippen molar-refractivity contribution in [2.45, 2.75) is 13.8 Å². The van der Waals surface area contributed by atoms with Gasteiger partial charge in [0.2, 0.25) is 0 Å². The molecule has 1 heterocycles. The quantitative estimate of drug-likeness (QED) is 0.251. The van der Waals surface area contributed by atoms with E-state index in [2.05, 4.69) is 91.5 Å². The van der Waals surface area contributed by atoms with Gasteiger partial charge < -0.3 is 9.30 Å². The van der Waals surface area contributed by atoms with Gasteiger partial charge in [-0.25, -0.2) is 5.43 Å². The number of carbonyl (C=O) groups excluding carboxylic acids is 1. The molecule has 144 valence electrons. The van der Waals surface area contributed by atoms with E-state index in [0.717, 1.165) is 26.2 Å². The number of hydrogen-bond donors (Lipinski definition) is 1. The third-order valence-corrected chi connectivity index (χ3v) is 5.75. The number of aromatic nitrogens is 1. The van der Waals surface area contributed by atoms with Crippen LogP contribution in [0.4, 0.5) is 0 Å². The number of ether oxygens (including phenoxy) is 1. The minimum absolute atomic E-state index is 0.0843. The third-order valence-electron chi connectivity index (χ3n) is 4.14. The molecule has 3 aromatic rings. The molecule has 2 aromatic carbocycles. The van der Waals surface area contributed by atoms with Gasteiger partial charge in [0, 0.05) is 26.2 Å². The van der Waals surface area contributed by atoms with Crippen LogP contribution in [0.25, 0.3) is 5.69 Å². The van der Waals surface area contributed by atoms with Crippen molar-refractivity contribution in [3.05, 3.63) is 78.7 Å². The van der Waals surface area contributed by atoms with Gasteiger partial charge in [-0.1, -0.05) is 12.1 Å². The van der Waals surface area contributed by atoms with Crippen LogP contribution in [0, 0.1) is 21.0 Å². The summed E-state index contributed by atoms with van der Waals surface area (Å²) in [7, 11) is 0. The lowest BCUT2D eigenvalue weighted by Gasteiger charge is -2.09. The van der Waals surface area contributed by atoms with Gasteiger partial charge in [-0.05, 0) is 101 Å². The summed E-state index contributed by atoms with van der Waals surface area (Å²) in [6.07, 6.45) is 1.66. The van der Waals surface area contributed by atoms with Crippen molar-refractivity contribution < 1.29 is 9.53 Å². The average Bonchev–Trinajstić information content (AvgIpc) is 2.95. The van der Waals surface area contributed by atoms with Crippen LogP contribution in [0.3, 0.4) is 0 Å². The Bertz CT molecular complexity index is 1010. The standard InChI is InChI=1S/C21H19I2N3O2/c1-14-11-16(15(2)26(14)18-9-7-17(22)8-10-18)12-24-25-21(27)13-28-20-6-4-3-5-19(20)23/h3-12H,13H2,1-2H3,(H,25,27)/b24-12+. The smallest absolute Gasteiger partial charge is 0.277 e. The first kappa shape index (κ1) is 20.8. The van der Waals surface area contributed by atoms with Crippen LogP contribution in [-0.2, 0) is 4.79 Å². The Morgan fingerprint density at radius 3 is 2.57 bits per heavy atom. The predicted molar refractivity (Wildman–Crippen MR) is 128 cm³/mol. The lowest BCUT2D eigenvalue weighted by atomic mass is 10.2. The second-order valence-corrected chi connectivity index (χ2v) is 8.56. The molecule has 0 radical (unpaired) electrons. The Morgan fingerprint density at radius 1 is 1.14 bits per heavy atom. The lowest BCUT2D eigenvalue weighted by Crippen LogP contribution is -2.24. The maximum atomic E-state index is 12.0. The van der Waals surface area contributed by atoms with E-state index in [-0.39, 0.29) is 12.5 Å². The van der Waals surface area contributed by atoms with E-state index in [1.807, 2.05) is 37.3 Å². The number of carbonyl (C=O) groups is 1. The Hall–Kier alpha value is -1.88. The van der Waals surface area contributed by atoms with Crippen molar-refractivity contribution in [1.29, 1.82) is 0 Å². The Labute approximate surface area is 191 Å². The van der Waals surface area contributed by atoms with Crippen LogP contribution < -0.4 is 10.2 Å². The molecular formula is C21H19I2N3O2. The normalized spacial score (nSPS) is 11.0. The Kier molecular flexibility index (Phi) is 7.11. The first-order valence-electron chi connectivity index (χ1n) is 8.60. The molecule has 0 saturated heterocycles. The van der Waals surface area contributed by atoms with E-state index < -0.39 is 0 Å². The fourth-order valence-corrected chi connectivity index (χ4v) is 3.72. The van der Waals surface area contributed by atoms with E-state index in [1.165, 1.54) is 3.57 Å². The highest BCUT2D eigenvalue weighted by molar-refractivity contribution is 14.1. The van der Waals surface area contributed by atoms with Gasteiger partial charge in [0.05, 0.1) is 9.78 Å². The van der Waals surface area contributed by atoms with Crippen molar-refractivity contribution >= 4 is 57.3 Å². The SMILES string of the molecule is Cc1cc(/C=N/NC(=O)COc2ccccc2I)c(C)n1-c1ccc(I)cc1. The molecule has 1 amide bonds. The predicted octanol–water partition coefficient (Wildman–Crippen LogP) is 4.83. The van der Waals surface area contributed by atoms with E-state index in [9.17, 15) is 4.79 Å². The van der Waals surface area contributed by atoms with Crippen LogP contribution in [0.5, 0.6) is 5.75 Å². The summed E-state index contributed by atoms with van der Waals surface area (Å²) in [4.78, 5) is 12.0. The Balaban J connectivity index is 1.63. The summed E-state index contributed by atoms with van der Waals surface area (Å²) >= 11 is 4.46. The number of hydrazone groups is 1. The molecule has 0 aliphatic heterocycles. The second kappa shape index (κ2) is 9.55. The second-order valence-electron chi connectivity index (χ2n) is 6.15. The Morgan fingerprint density at radius 2 is 1.86 bits per heavy atom. The third kappa shape index (κ3) is 5.13. The molecule has 7 heteroatoms. The van der Waals surface area contributed by atoms with Gasteiger partial charge in [0.15, 0.2) is 6.61 Å². The van der Waals surface area contributed by atoms with Crippen molar-refractivity contribution in [2.75, 3.05) is 6.61 Å². The van der Waals surface area contributed by atoms with Crippen molar-refractivity contribution in [3.63, 3.8) is 0 Å². The monoisotopic (exact) mass is 599 g/mol. The number of benzene rings is 2. The summed E-state index contributed by atoms with van der Waals surface area (Å²) in [5.74, 6) is 0.380. The lowest BCUT2D eigenvalue weighted by molar-refractivity contribution is -0.123. The summed E-state index contributed by atoms with van der Waals surface area (Å²) < 4.78 is 9.84. The maximum Gasteiger partial charge on any atom is 0.277 e. The molecule has 0 atom stereocenters. The number of halogens is 2. The number of amides is 1. The van der Waals surface area contributed by atoms with Gasteiger partial charge in [0.1, 0.15) is 5.75 Å². The number of aryl methyl sites for hydroxylation is 1. The maximum absolute atomic E-state index is 12.0. The first-order valence-corrected chi connectivity index (χ1v) is 10.8. The largest absolute Gasteiger partial charge is 0.483 e. The number of hydrogen-bond acceptors (Lipinski definition) is 3. The molecule has 0 unspecified atom stereocenters. The molecule has 5 nitrogen and oxygen atoms in total. The van der Waals surface area contributed by atoms with Gasteiger partial charge in [-0.15, -0.1) is 0 Å². The van der Waals surface area contributed by atoms with Crippen LogP contribution in [-0.4, -0.2) is 23.3 Å². The van der Waals surface area contributed by atoms with Gasteiger partial charge in [0.25, 0.3) is 5.91 Å². The van der Waals surface area contributed by atoms with E-state index in [0.29, 0.717) is 5.75 Å². The fourth-order valence-electron chi connectivity index (χ4n) is 2.82. The molecule has 0 saturated carbocycles.